The molecular formula is C19H21N3O4S. The number of nitrogens with zero attached hydrogens (tertiary/aromatic N) is 1. The Morgan fingerprint density at radius 2 is 1.74 bits per heavy atom. The number of hydrogen-bond acceptors (Lipinski definition) is 4. The smallest absolute Gasteiger partial charge is 0.244 e. The summed E-state index contributed by atoms with van der Waals surface area (Å²) in [7, 11) is -3.89. The van der Waals surface area contributed by atoms with Crippen LogP contribution in [0.1, 0.15) is 24.1 Å². The van der Waals surface area contributed by atoms with Crippen LogP contribution in [-0.4, -0.2) is 37.6 Å². The van der Waals surface area contributed by atoms with Gasteiger partial charge in [-0.2, -0.15) is 4.31 Å². The van der Waals surface area contributed by atoms with Crippen molar-refractivity contribution in [3.8, 4) is 0 Å². The SMILES string of the molecule is CC(=O)Nc1ccc(S(=O)(=O)N2CCNC(=O)C2c2ccc(C)cc2)cc1. The number of aryl methyl sites for hydroxylation is 1. The quantitative estimate of drug-likeness (QED) is 0.836. The van der Waals surface area contributed by atoms with Crippen LogP contribution in [0.2, 0.25) is 0 Å². The molecule has 1 atom stereocenters. The lowest BCUT2D eigenvalue weighted by Crippen LogP contribution is -2.52. The second-order valence-electron chi connectivity index (χ2n) is 6.43. The van der Waals surface area contributed by atoms with E-state index in [4.69, 9.17) is 0 Å². The molecule has 2 N–H and O–H groups in total. The van der Waals surface area contributed by atoms with Crippen LogP contribution < -0.4 is 10.6 Å². The zero-order valence-electron chi connectivity index (χ0n) is 15.1. The fourth-order valence-electron chi connectivity index (χ4n) is 3.02. The number of anilines is 1. The molecule has 142 valence electrons. The lowest BCUT2D eigenvalue weighted by molar-refractivity contribution is -0.127. The third-order valence-electron chi connectivity index (χ3n) is 4.34. The molecule has 1 aliphatic rings. The molecule has 7 nitrogen and oxygen atoms in total. The predicted molar refractivity (Wildman–Crippen MR) is 102 cm³/mol. The van der Waals surface area contributed by atoms with E-state index >= 15 is 0 Å². The number of benzene rings is 2. The molecule has 0 aliphatic carbocycles. The summed E-state index contributed by atoms with van der Waals surface area (Å²) >= 11 is 0. The average molecular weight is 387 g/mol. The molecule has 1 heterocycles. The number of sulfonamides is 1. The van der Waals surface area contributed by atoms with Crippen LogP contribution in [0.25, 0.3) is 0 Å². The van der Waals surface area contributed by atoms with Crippen molar-refractivity contribution in [2.45, 2.75) is 24.8 Å². The Kier molecular flexibility index (Phi) is 5.29. The minimum absolute atomic E-state index is 0.0726. The molecule has 3 rings (SSSR count). The first-order valence-electron chi connectivity index (χ1n) is 8.53. The molecule has 2 aromatic carbocycles. The molecule has 27 heavy (non-hydrogen) atoms. The third-order valence-corrected chi connectivity index (χ3v) is 6.22. The minimum Gasteiger partial charge on any atom is -0.353 e. The van der Waals surface area contributed by atoms with Crippen molar-refractivity contribution in [1.29, 1.82) is 0 Å². The Morgan fingerprint density at radius 3 is 2.33 bits per heavy atom. The predicted octanol–water partition coefficient (Wildman–Crippen LogP) is 1.82. The Morgan fingerprint density at radius 1 is 1.11 bits per heavy atom. The van der Waals surface area contributed by atoms with Crippen molar-refractivity contribution in [2.75, 3.05) is 18.4 Å². The maximum absolute atomic E-state index is 13.2. The van der Waals surface area contributed by atoms with Crippen LogP contribution in [0.15, 0.2) is 53.4 Å². The highest BCUT2D eigenvalue weighted by Gasteiger charge is 2.39. The number of piperazine rings is 1. The molecule has 0 radical (unpaired) electrons. The first-order valence-corrected chi connectivity index (χ1v) is 9.97. The van der Waals surface area contributed by atoms with E-state index in [1.54, 1.807) is 12.1 Å². The number of amides is 2. The summed E-state index contributed by atoms with van der Waals surface area (Å²) in [6, 6.07) is 12.2. The lowest BCUT2D eigenvalue weighted by Gasteiger charge is -2.34. The van der Waals surface area contributed by atoms with Crippen LogP contribution in [0, 0.1) is 6.92 Å². The van der Waals surface area contributed by atoms with Gasteiger partial charge in [0.25, 0.3) is 0 Å². The van der Waals surface area contributed by atoms with E-state index in [1.807, 2.05) is 19.1 Å². The average Bonchev–Trinajstić information content (AvgIpc) is 2.62. The number of carbonyl (C=O) groups is 2. The molecule has 1 aliphatic heterocycles. The van der Waals surface area contributed by atoms with Crippen molar-refractivity contribution in [3.63, 3.8) is 0 Å². The Balaban J connectivity index is 1.96. The van der Waals surface area contributed by atoms with E-state index in [0.29, 0.717) is 11.3 Å². The largest absolute Gasteiger partial charge is 0.353 e. The summed E-state index contributed by atoms with van der Waals surface area (Å²) < 4.78 is 27.6. The van der Waals surface area contributed by atoms with Gasteiger partial charge in [0.2, 0.25) is 21.8 Å². The topological polar surface area (TPSA) is 95.6 Å². The van der Waals surface area contributed by atoms with Gasteiger partial charge >= 0.3 is 0 Å². The van der Waals surface area contributed by atoms with E-state index in [2.05, 4.69) is 10.6 Å². The first kappa shape index (κ1) is 19.1. The summed E-state index contributed by atoms with van der Waals surface area (Å²) in [6.07, 6.45) is 0. The second kappa shape index (κ2) is 7.50. The van der Waals surface area contributed by atoms with Crippen molar-refractivity contribution in [3.05, 3.63) is 59.7 Å². The number of hydrogen-bond donors (Lipinski definition) is 2. The molecule has 0 spiro atoms. The summed E-state index contributed by atoms with van der Waals surface area (Å²) in [4.78, 5) is 23.7. The van der Waals surface area contributed by atoms with Gasteiger partial charge in [0.05, 0.1) is 4.90 Å². The van der Waals surface area contributed by atoms with Crippen LogP contribution in [0.3, 0.4) is 0 Å². The molecule has 1 saturated heterocycles. The lowest BCUT2D eigenvalue weighted by atomic mass is 10.0. The zero-order valence-corrected chi connectivity index (χ0v) is 15.9. The monoisotopic (exact) mass is 387 g/mol. The van der Waals surface area contributed by atoms with Crippen LogP contribution >= 0.6 is 0 Å². The van der Waals surface area contributed by atoms with Gasteiger partial charge in [0, 0.05) is 25.7 Å². The van der Waals surface area contributed by atoms with E-state index in [9.17, 15) is 18.0 Å². The van der Waals surface area contributed by atoms with E-state index in [0.717, 1.165) is 5.56 Å². The molecule has 2 amide bonds. The zero-order chi connectivity index (χ0) is 19.6. The fraction of sp³-hybridized carbons (Fsp3) is 0.263. The standard InChI is InChI=1S/C19H21N3O4S/c1-13-3-5-15(6-4-13)18-19(24)20-11-12-22(18)27(25,26)17-9-7-16(8-10-17)21-14(2)23/h3-10,18H,11-12H2,1-2H3,(H,20,24)(H,21,23). The first-order chi connectivity index (χ1) is 12.8. The molecule has 0 saturated carbocycles. The Labute approximate surface area is 158 Å². The van der Waals surface area contributed by atoms with Gasteiger partial charge in [-0.3, -0.25) is 9.59 Å². The van der Waals surface area contributed by atoms with Crippen molar-refractivity contribution >= 4 is 27.5 Å². The maximum Gasteiger partial charge on any atom is 0.244 e. The molecule has 8 heteroatoms. The van der Waals surface area contributed by atoms with Crippen molar-refractivity contribution < 1.29 is 18.0 Å². The van der Waals surface area contributed by atoms with Crippen LogP contribution in [-0.2, 0) is 19.6 Å². The Hall–Kier alpha value is -2.71. The van der Waals surface area contributed by atoms with E-state index in [1.165, 1.54) is 35.5 Å². The van der Waals surface area contributed by atoms with E-state index < -0.39 is 16.1 Å². The second-order valence-corrected chi connectivity index (χ2v) is 8.32. The van der Waals surface area contributed by atoms with Gasteiger partial charge in [-0.1, -0.05) is 29.8 Å². The van der Waals surface area contributed by atoms with Crippen molar-refractivity contribution in [2.24, 2.45) is 0 Å². The molecule has 0 bridgehead atoms. The normalized spacial score (nSPS) is 18.0. The summed E-state index contributed by atoms with van der Waals surface area (Å²) in [5.41, 5.74) is 2.15. The number of carbonyl (C=O) groups excluding carboxylic acids is 2. The van der Waals surface area contributed by atoms with Gasteiger partial charge in [0.1, 0.15) is 6.04 Å². The Bertz CT molecular complexity index is 953. The highest BCUT2D eigenvalue weighted by Crippen LogP contribution is 2.30. The van der Waals surface area contributed by atoms with Gasteiger partial charge < -0.3 is 10.6 Å². The number of nitrogens with one attached hydrogen (secondary N) is 2. The van der Waals surface area contributed by atoms with Gasteiger partial charge in [0.15, 0.2) is 0 Å². The molecule has 1 fully saturated rings. The van der Waals surface area contributed by atoms with Gasteiger partial charge in [-0.05, 0) is 36.8 Å². The van der Waals surface area contributed by atoms with Gasteiger partial charge in [-0.25, -0.2) is 8.42 Å². The molecule has 0 aromatic heterocycles. The fourth-order valence-corrected chi connectivity index (χ4v) is 4.60. The van der Waals surface area contributed by atoms with E-state index in [-0.39, 0.29) is 29.8 Å². The van der Waals surface area contributed by atoms with Crippen molar-refractivity contribution in [1.82, 2.24) is 9.62 Å². The molecule has 1 unspecified atom stereocenters. The molecule has 2 aromatic rings. The summed E-state index contributed by atoms with van der Waals surface area (Å²) in [6.45, 7) is 3.74. The maximum atomic E-state index is 13.2. The summed E-state index contributed by atoms with van der Waals surface area (Å²) in [5, 5.41) is 5.34. The highest BCUT2D eigenvalue weighted by molar-refractivity contribution is 7.89. The minimum atomic E-state index is -3.89. The summed E-state index contributed by atoms with van der Waals surface area (Å²) in [5.74, 6) is -0.582. The van der Waals surface area contributed by atoms with Gasteiger partial charge in [-0.15, -0.1) is 0 Å². The van der Waals surface area contributed by atoms with Crippen LogP contribution in [0.5, 0.6) is 0 Å². The molecular weight excluding hydrogens is 366 g/mol. The highest BCUT2D eigenvalue weighted by atomic mass is 32.2. The van der Waals surface area contributed by atoms with Crippen LogP contribution in [0.4, 0.5) is 5.69 Å². The third kappa shape index (κ3) is 4.01. The number of rotatable bonds is 4.